The highest BCUT2D eigenvalue weighted by Crippen LogP contribution is 2.14. The zero-order valence-corrected chi connectivity index (χ0v) is 13.1. The summed E-state index contributed by atoms with van der Waals surface area (Å²) in [6.07, 6.45) is 6.59. The largest absolute Gasteiger partial charge is 0.339 e. The van der Waals surface area contributed by atoms with Gasteiger partial charge in [0.15, 0.2) is 0 Å². The van der Waals surface area contributed by atoms with Gasteiger partial charge in [-0.1, -0.05) is 0 Å². The summed E-state index contributed by atoms with van der Waals surface area (Å²) in [4.78, 5) is 18.1. The first-order chi connectivity index (χ1) is 9.34. The van der Waals surface area contributed by atoms with E-state index < -0.39 is 0 Å². The van der Waals surface area contributed by atoms with Crippen molar-refractivity contribution in [1.29, 1.82) is 0 Å². The summed E-state index contributed by atoms with van der Waals surface area (Å²) in [5.74, 6) is 0.129. The number of aromatic nitrogens is 3. The maximum absolute atomic E-state index is 12.3. The first-order valence-electron chi connectivity index (χ1n) is 6.59. The second-order valence-corrected chi connectivity index (χ2v) is 4.74. The number of hydrogen-bond acceptors (Lipinski definition) is 3. The van der Waals surface area contributed by atoms with Gasteiger partial charge in [0.05, 0.1) is 5.69 Å². The van der Waals surface area contributed by atoms with Crippen LogP contribution in [0.4, 0.5) is 0 Å². The van der Waals surface area contributed by atoms with E-state index in [4.69, 9.17) is 0 Å². The molecule has 1 aromatic carbocycles. The number of carbonyl (C=O) groups excluding carboxylic acids is 1. The quantitative estimate of drug-likeness (QED) is 0.851. The van der Waals surface area contributed by atoms with Crippen molar-refractivity contribution in [2.75, 3.05) is 13.1 Å². The molecule has 0 spiro atoms. The molecule has 1 aliphatic heterocycles. The topological polar surface area (TPSA) is 51.0 Å². The zero-order valence-electron chi connectivity index (χ0n) is 11.5. The SMILES string of the molecule is Cl.Cl.O=C(c1ccc(-n2cncn2)cc1)N1CCCCC1. The molecular weight excluding hydrogens is 311 g/mol. The lowest BCUT2D eigenvalue weighted by atomic mass is 10.1. The number of benzene rings is 1. The summed E-state index contributed by atoms with van der Waals surface area (Å²) in [7, 11) is 0. The number of piperidine rings is 1. The van der Waals surface area contributed by atoms with Gasteiger partial charge in [-0.3, -0.25) is 4.79 Å². The fourth-order valence-corrected chi connectivity index (χ4v) is 2.38. The Bertz CT molecular complexity index is 551. The van der Waals surface area contributed by atoms with Crippen LogP contribution in [0, 0.1) is 0 Å². The molecule has 1 fully saturated rings. The molecule has 2 aromatic rings. The predicted molar refractivity (Wildman–Crippen MR) is 85.6 cm³/mol. The highest BCUT2D eigenvalue weighted by Gasteiger charge is 2.17. The van der Waals surface area contributed by atoms with E-state index in [0.717, 1.165) is 37.2 Å². The van der Waals surface area contributed by atoms with Crippen molar-refractivity contribution in [1.82, 2.24) is 19.7 Å². The number of nitrogens with zero attached hydrogens (tertiary/aromatic N) is 4. The first kappa shape index (κ1) is 17.5. The van der Waals surface area contributed by atoms with Crippen LogP contribution in [0.15, 0.2) is 36.9 Å². The molecule has 0 aliphatic carbocycles. The van der Waals surface area contributed by atoms with Crippen LogP contribution in [0.5, 0.6) is 0 Å². The minimum Gasteiger partial charge on any atom is -0.339 e. The molecule has 2 heterocycles. The lowest BCUT2D eigenvalue weighted by Gasteiger charge is -2.26. The summed E-state index contributed by atoms with van der Waals surface area (Å²) in [5, 5.41) is 4.06. The Morgan fingerprint density at radius 2 is 1.67 bits per heavy atom. The van der Waals surface area contributed by atoms with E-state index in [1.54, 1.807) is 11.0 Å². The Labute approximate surface area is 136 Å². The van der Waals surface area contributed by atoms with E-state index >= 15 is 0 Å². The van der Waals surface area contributed by atoms with E-state index in [9.17, 15) is 4.79 Å². The molecular formula is C14H18Cl2N4O. The fourth-order valence-electron chi connectivity index (χ4n) is 2.38. The maximum Gasteiger partial charge on any atom is 0.253 e. The van der Waals surface area contributed by atoms with Gasteiger partial charge in [-0.15, -0.1) is 24.8 Å². The Morgan fingerprint density at radius 3 is 2.24 bits per heavy atom. The van der Waals surface area contributed by atoms with Crippen molar-refractivity contribution >= 4 is 30.7 Å². The van der Waals surface area contributed by atoms with Crippen LogP contribution in [0.2, 0.25) is 0 Å². The van der Waals surface area contributed by atoms with Crippen LogP contribution in [-0.4, -0.2) is 38.7 Å². The monoisotopic (exact) mass is 328 g/mol. The Balaban J connectivity index is 0.00000110. The first-order valence-corrected chi connectivity index (χ1v) is 6.59. The van der Waals surface area contributed by atoms with Crippen molar-refractivity contribution in [3.63, 3.8) is 0 Å². The average molecular weight is 329 g/mol. The molecule has 0 bridgehead atoms. The molecule has 1 saturated heterocycles. The van der Waals surface area contributed by atoms with Crippen molar-refractivity contribution in [3.8, 4) is 5.69 Å². The van der Waals surface area contributed by atoms with Crippen LogP contribution in [-0.2, 0) is 0 Å². The van der Waals surface area contributed by atoms with E-state index in [-0.39, 0.29) is 30.7 Å². The summed E-state index contributed by atoms with van der Waals surface area (Å²) in [6.45, 7) is 1.76. The lowest BCUT2D eigenvalue weighted by Crippen LogP contribution is -2.35. The van der Waals surface area contributed by atoms with E-state index in [2.05, 4.69) is 10.1 Å². The second kappa shape index (κ2) is 8.00. The fraction of sp³-hybridized carbons (Fsp3) is 0.357. The van der Waals surface area contributed by atoms with Gasteiger partial charge in [0.1, 0.15) is 12.7 Å². The van der Waals surface area contributed by atoms with Crippen molar-refractivity contribution in [2.45, 2.75) is 19.3 Å². The molecule has 1 aliphatic rings. The maximum atomic E-state index is 12.3. The number of amides is 1. The summed E-state index contributed by atoms with van der Waals surface area (Å²) >= 11 is 0. The molecule has 21 heavy (non-hydrogen) atoms. The van der Waals surface area contributed by atoms with Crippen LogP contribution in [0.3, 0.4) is 0 Å². The van der Waals surface area contributed by atoms with Crippen LogP contribution in [0.25, 0.3) is 5.69 Å². The third-order valence-corrected chi connectivity index (χ3v) is 3.44. The summed E-state index contributed by atoms with van der Waals surface area (Å²) in [6, 6.07) is 7.50. The molecule has 1 aromatic heterocycles. The number of likely N-dealkylation sites (tertiary alicyclic amines) is 1. The number of halogens is 2. The smallest absolute Gasteiger partial charge is 0.253 e. The Morgan fingerprint density at radius 1 is 1.00 bits per heavy atom. The standard InChI is InChI=1S/C14H16N4O.2ClH/c19-14(17-8-2-1-3-9-17)12-4-6-13(7-5-12)18-11-15-10-16-18;;/h4-7,10-11H,1-3,8-9H2;2*1H. The predicted octanol–water partition coefficient (Wildman–Crippen LogP) is 2.74. The Kier molecular flexibility index (Phi) is 6.65. The zero-order chi connectivity index (χ0) is 13.1. The van der Waals surface area contributed by atoms with E-state index in [0.29, 0.717) is 0 Å². The Hall–Kier alpha value is -1.59. The number of rotatable bonds is 2. The van der Waals surface area contributed by atoms with Crippen LogP contribution in [0.1, 0.15) is 29.6 Å². The molecule has 1 amide bonds. The molecule has 0 saturated carbocycles. The molecule has 3 rings (SSSR count). The highest BCUT2D eigenvalue weighted by atomic mass is 35.5. The van der Waals surface area contributed by atoms with Gasteiger partial charge in [0.2, 0.25) is 0 Å². The van der Waals surface area contributed by atoms with Gasteiger partial charge in [0.25, 0.3) is 5.91 Å². The second-order valence-electron chi connectivity index (χ2n) is 4.74. The third kappa shape index (κ3) is 3.95. The van der Waals surface area contributed by atoms with E-state index in [1.807, 2.05) is 29.2 Å². The van der Waals surface area contributed by atoms with Gasteiger partial charge in [-0.05, 0) is 43.5 Å². The number of hydrogen-bond donors (Lipinski definition) is 0. The molecule has 0 unspecified atom stereocenters. The summed E-state index contributed by atoms with van der Waals surface area (Å²) in [5.41, 5.74) is 1.65. The minimum atomic E-state index is 0. The number of carbonyl (C=O) groups is 1. The third-order valence-electron chi connectivity index (χ3n) is 3.44. The van der Waals surface area contributed by atoms with Gasteiger partial charge < -0.3 is 4.90 Å². The minimum absolute atomic E-state index is 0. The molecule has 0 radical (unpaired) electrons. The van der Waals surface area contributed by atoms with Crippen molar-refractivity contribution in [3.05, 3.63) is 42.5 Å². The van der Waals surface area contributed by atoms with Crippen molar-refractivity contribution < 1.29 is 4.79 Å². The molecule has 0 N–H and O–H groups in total. The van der Waals surface area contributed by atoms with Gasteiger partial charge in [-0.2, -0.15) is 5.10 Å². The highest BCUT2D eigenvalue weighted by molar-refractivity contribution is 5.94. The molecule has 5 nitrogen and oxygen atoms in total. The van der Waals surface area contributed by atoms with Gasteiger partial charge in [0, 0.05) is 18.7 Å². The van der Waals surface area contributed by atoms with E-state index in [1.165, 1.54) is 12.7 Å². The lowest BCUT2D eigenvalue weighted by molar-refractivity contribution is 0.0724. The average Bonchev–Trinajstić information content (AvgIpc) is 3.02. The van der Waals surface area contributed by atoms with Gasteiger partial charge in [-0.25, -0.2) is 9.67 Å². The molecule has 0 atom stereocenters. The molecule has 114 valence electrons. The van der Waals surface area contributed by atoms with Crippen LogP contribution >= 0.6 is 24.8 Å². The van der Waals surface area contributed by atoms with Crippen molar-refractivity contribution in [2.24, 2.45) is 0 Å². The van der Waals surface area contributed by atoms with Crippen LogP contribution < -0.4 is 0 Å². The molecule has 7 heteroatoms. The normalized spacial score (nSPS) is 14.0. The van der Waals surface area contributed by atoms with Gasteiger partial charge >= 0.3 is 0 Å². The summed E-state index contributed by atoms with van der Waals surface area (Å²) < 4.78 is 1.68.